The Morgan fingerprint density at radius 1 is 1.27 bits per heavy atom. The predicted molar refractivity (Wildman–Crippen MR) is 83.2 cm³/mol. The number of hydrogen-bond acceptors (Lipinski definition) is 3. The molecule has 2 rings (SSSR count). The lowest BCUT2D eigenvalue weighted by Gasteiger charge is -2.16. The molecular formula is C16H21N3O3. The Hall–Kier alpha value is -2.37. The lowest BCUT2D eigenvalue weighted by atomic mass is 10.1. The Morgan fingerprint density at radius 3 is 2.59 bits per heavy atom. The minimum absolute atomic E-state index is 0.0334. The van der Waals surface area contributed by atoms with Crippen molar-refractivity contribution in [3.63, 3.8) is 0 Å². The van der Waals surface area contributed by atoms with Crippen molar-refractivity contribution in [2.24, 2.45) is 5.92 Å². The minimum atomic E-state index is -0.417. The van der Waals surface area contributed by atoms with Gasteiger partial charge in [-0.3, -0.25) is 14.4 Å². The maximum atomic E-state index is 12.1. The molecule has 0 spiro atoms. The van der Waals surface area contributed by atoms with E-state index in [0.29, 0.717) is 6.54 Å². The van der Waals surface area contributed by atoms with Gasteiger partial charge in [0.05, 0.1) is 12.5 Å². The fraction of sp³-hybridized carbons (Fsp3) is 0.438. The van der Waals surface area contributed by atoms with Gasteiger partial charge in [0.1, 0.15) is 0 Å². The third-order valence-corrected chi connectivity index (χ3v) is 3.44. The zero-order valence-electron chi connectivity index (χ0n) is 12.8. The third-order valence-electron chi connectivity index (χ3n) is 3.44. The summed E-state index contributed by atoms with van der Waals surface area (Å²) in [5, 5.41) is 5.29. The average molecular weight is 303 g/mol. The highest BCUT2D eigenvalue weighted by molar-refractivity contribution is 6.00. The van der Waals surface area contributed by atoms with Crippen molar-refractivity contribution in [2.45, 2.75) is 26.3 Å². The van der Waals surface area contributed by atoms with Gasteiger partial charge in [0.2, 0.25) is 17.7 Å². The topological polar surface area (TPSA) is 78.5 Å². The molecule has 0 unspecified atom stereocenters. The number of carbonyl (C=O) groups excluding carboxylic acids is 3. The first-order valence-electron chi connectivity index (χ1n) is 7.40. The van der Waals surface area contributed by atoms with Crippen LogP contribution in [0.1, 0.15) is 20.3 Å². The van der Waals surface area contributed by atoms with E-state index in [9.17, 15) is 14.4 Å². The molecule has 1 aromatic rings. The average Bonchev–Trinajstić information content (AvgIpc) is 2.87. The van der Waals surface area contributed by atoms with E-state index in [1.54, 1.807) is 4.90 Å². The number of carbonyl (C=O) groups is 3. The van der Waals surface area contributed by atoms with Crippen LogP contribution in [0, 0.1) is 5.92 Å². The Balaban J connectivity index is 1.88. The van der Waals surface area contributed by atoms with Crippen LogP contribution >= 0.6 is 0 Å². The summed E-state index contributed by atoms with van der Waals surface area (Å²) in [5.41, 5.74) is 0.792. The smallest absolute Gasteiger partial charge is 0.239 e. The number of nitrogens with zero attached hydrogens (tertiary/aromatic N) is 1. The lowest BCUT2D eigenvalue weighted by molar-refractivity contribution is -0.129. The molecule has 1 fully saturated rings. The summed E-state index contributed by atoms with van der Waals surface area (Å²) in [6.07, 6.45) is 0.173. The van der Waals surface area contributed by atoms with Crippen molar-refractivity contribution in [3.05, 3.63) is 30.3 Å². The molecule has 6 heteroatoms. The normalized spacial score (nSPS) is 17.7. The summed E-state index contributed by atoms with van der Waals surface area (Å²) < 4.78 is 0. The zero-order chi connectivity index (χ0) is 16.1. The third kappa shape index (κ3) is 4.07. The van der Waals surface area contributed by atoms with Crippen LogP contribution in [0.3, 0.4) is 0 Å². The summed E-state index contributed by atoms with van der Waals surface area (Å²) in [5.74, 6) is -0.976. The van der Waals surface area contributed by atoms with Crippen molar-refractivity contribution >= 4 is 23.4 Å². The van der Waals surface area contributed by atoms with Crippen molar-refractivity contribution < 1.29 is 14.4 Å². The van der Waals surface area contributed by atoms with Crippen LogP contribution in [-0.2, 0) is 14.4 Å². The SMILES string of the molecule is CC(C)NC(=O)CNC(=O)[C@H]1CC(=O)N(c2ccccc2)C1. The highest BCUT2D eigenvalue weighted by Crippen LogP contribution is 2.24. The number of anilines is 1. The molecule has 0 radical (unpaired) electrons. The first kappa shape index (κ1) is 16.0. The number of benzene rings is 1. The molecule has 1 aliphatic heterocycles. The van der Waals surface area contributed by atoms with E-state index in [2.05, 4.69) is 10.6 Å². The largest absolute Gasteiger partial charge is 0.352 e. The van der Waals surface area contributed by atoms with Crippen LogP contribution in [-0.4, -0.2) is 36.9 Å². The van der Waals surface area contributed by atoms with Crippen molar-refractivity contribution in [2.75, 3.05) is 18.0 Å². The van der Waals surface area contributed by atoms with Crippen molar-refractivity contribution in [3.8, 4) is 0 Å². The van der Waals surface area contributed by atoms with Crippen LogP contribution in [0.5, 0.6) is 0 Å². The highest BCUT2D eigenvalue weighted by atomic mass is 16.2. The zero-order valence-corrected chi connectivity index (χ0v) is 12.8. The van der Waals surface area contributed by atoms with E-state index < -0.39 is 5.92 Å². The first-order chi connectivity index (χ1) is 10.5. The second-order valence-corrected chi connectivity index (χ2v) is 5.68. The van der Waals surface area contributed by atoms with Gasteiger partial charge in [-0.2, -0.15) is 0 Å². The summed E-state index contributed by atoms with van der Waals surface area (Å²) in [7, 11) is 0. The Morgan fingerprint density at radius 2 is 1.95 bits per heavy atom. The number of rotatable bonds is 5. The summed E-state index contributed by atoms with van der Waals surface area (Å²) in [4.78, 5) is 37.3. The highest BCUT2D eigenvalue weighted by Gasteiger charge is 2.35. The predicted octanol–water partition coefficient (Wildman–Crippen LogP) is 0.680. The summed E-state index contributed by atoms with van der Waals surface area (Å²) in [6.45, 7) is 3.99. The summed E-state index contributed by atoms with van der Waals surface area (Å²) >= 11 is 0. The monoisotopic (exact) mass is 303 g/mol. The molecule has 0 aliphatic carbocycles. The number of para-hydroxylation sites is 1. The molecule has 1 atom stereocenters. The van der Waals surface area contributed by atoms with Gasteiger partial charge in [-0.1, -0.05) is 18.2 Å². The molecule has 0 bridgehead atoms. The quantitative estimate of drug-likeness (QED) is 0.839. The molecule has 1 aromatic carbocycles. The maximum absolute atomic E-state index is 12.1. The molecule has 1 saturated heterocycles. The van der Waals surface area contributed by atoms with E-state index in [1.165, 1.54) is 0 Å². The van der Waals surface area contributed by atoms with Crippen molar-refractivity contribution in [1.29, 1.82) is 0 Å². The molecule has 2 N–H and O–H groups in total. The van der Waals surface area contributed by atoms with Crippen LogP contribution in [0.25, 0.3) is 0 Å². The Labute approximate surface area is 129 Å². The van der Waals surface area contributed by atoms with Gasteiger partial charge in [0.15, 0.2) is 0 Å². The first-order valence-corrected chi connectivity index (χ1v) is 7.40. The van der Waals surface area contributed by atoms with Crippen molar-refractivity contribution in [1.82, 2.24) is 10.6 Å². The second kappa shape index (κ2) is 7.06. The summed E-state index contributed by atoms with van der Waals surface area (Å²) in [6, 6.07) is 9.30. The van der Waals surface area contributed by atoms with Gasteiger partial charge in [-0.25, -0.2) is 0 Å². The van der Waals surface area contributed by atoms with E-state index in [4.69, 9.17) is 0 Å². The van der Waals surface area contributed by atoms with Gasteiger partial charge in [-0.15, -0.1) is 0 Å². The molecule has 22 heavy (non-hydrogen) atoms. The molecular weight excluding hydrogens is 282 g/mol. The maximum Gasteiger partial charge on any atom is 0.239 e. The van der Waals surface area contributed by atoms with Gasteiger partial charge in [0.25, 0.3) is 0 Å². The van der Waals surface area contributed by atoms with E-state index in [1.807, 2.05) is 44.2 Å². The fourth-order valence-electron chi connectivity index (χ4n) is 2.43. The molecule has 0 aromatic heterocycles. The molecule has 3 amide bonds. The molecule has 6 nitrogen and oxygen atoms in total. The minimum Gasteiger partial charge on any atom is -0.352 e. The lowest BCUT2D eigenvalue weighted by Crippen LogP contribution is -2.42. The Bertz CT molecular complexity index is 557. The molecule has 1 heterocycles. The number of nitrogens with one attached hydrogen (secondary N) is 2. The number of amides is 3. The van der Waals surface area contributed by atoms with E-state index in [0.717, 1.165) is 5.69 Å². The van der Waals surface area contributed by atoms with Crippen LogP contribution < -0.4 is 15.5 Å². The van der Waals surface area contributed by atoms with Gasteiger partial charge in [0, 0.05) is 24.7 Å². The molecule has 1 aliphatic rings. The fourth-order valence-corrected chi connectivity index (χ4v) is 2.43. The van der Waals surface area contributed by atoms with Crippen LogP contribution in [0.2, 0.25) is 0 Å². The van der Waals surface area contributed by atoms with Gasteiger partial charge in [-0.05, 0) is 26.0 Å². The van der Waals surface area contributed by atoms with Crippen LogP contribution in [0.15, 0.2) is 30.3 Å². The molecule has 118 valence electrons. The van der Waals surface area contributed by atoms with Gasteiger partial charge >= 0.3 is 0 Å². The van der Waals surface area contributed by atoms with E-state index in [-0.39, 0.29) is 36.7 Å². The number of hydrogen-bond donors (Lipinski definition) is 2. The standard InChI is InChI=1S/C16H21N3O3/c1-11(2)18-14(20)9-17-16(22)12-8-15(21)19(10-12)13-6-4-3-5-7-13/h3-7,11-12H,8-10H2,1-2H3,(H,17,22)(H,18,20)/t12-/m0/s1. The Kier molecular flexibility index (Phi) is 5.14. The van der Waals surface area contributed by atoms with Gasteiger partial charge < -0.3 is 15.5 Å². The van der Waals surface area contributed by atoms with Crippen LogP contribution in [0.4, 0.5) is 5.69 Å². The second-order valence-electron chi connectivity index (χ2n) is 5.68. The van der Waals surface area contributed by atoms with E-state index >= 15 is 0 Å². The molecule has 0 saturated carbocycles.